The molecule has 1 fully saturated rings. The van der Waals surface area contributed by atoms with E-state index in [9.17, 15) is 13.2 Å². The standard InChI is InChI=1S/C21H24N2O3S/c1-14-4-9-20-18(12-14)19-13-22(3)11-10-21(19)23(20)27(25,26)17-7-5-16(6-8-17)15(2)24/h4-9,12,19,21H,10-11,13H2,1-3H3/p+1/t19-,21+/m1/s1. The van der Waals surface area contributed by atoms with Gasteiger partial charge in [0.05, 0.1) is 42.7 Å². The van der Waals surface area contributed by atoms with Gasteiger partial charge in [0.1, 0.15) is 0 Å². The normalized spacial score (nSPS) is 24.4. The molecule has 2 aliphatic rings. The maximum absolute atomic E-state index is 13.5. The summed E-state index contributed by atoms with van der Waals surface area (Å²) in [6.45, 7) is 5.43. The van der Waals surface area contributed by atoms with Gasteiger partial charge >= 0.3 is 0 Å². The van der Waals surface area contributed by atoms with Crippen molar-refractivity contribution in [1.82, 2.24) is 0 Å². The lowest BCUT2D eigenvalue weighted by Crippen LogP contribution is -3.11. The molecule has 2 aliphatic heterocycles. The Morgan fingerprint density at radius 1 is 1.15 bits per heavy atom. The van der Waals surface area contributed by atoms with Crippen LogP contribution in [0.3, 0.4) is 0 Å². The number of nitrogens with zero attached hydrogens (tertiary/aromatic N) is 1. The molecule has 27 heavy (non-hydrogen) atoms. The third-order valence-corrected chi connectivity index (χ3v) is 7.69. The lowest BCUT2D eigenvalue weighted by atomic mass is 9.89. The molecule has 0 aromatic heterocycles. The van der Waals surface area contributed by atoms with Crippen molar-refractivity contribution in [2.24, 2.45) is 0 Å². The molecule has 0 amide bonds. The highest BCUT2D eigenvalue weighted by Crippen LogP contribution is 2.45. The van der Waals surface area contributed by atoms with Gasteiger partial charge in [0.2, 0.25) is 0 Å². The van der Waals surface area contributed by atoms with Crippen LogP contribution in [0, 0.1) is 6.92 Å². The molecule has 1 saturated heterocycles. The zero-order chi connectivity index (χ0) is 19.3. The van der Waals surface area contributed by atoms with Crippen molar-refractivity contribution in [3.05, 3.63) is 59.2 Å². The summed E-state index contributed by atoms with van der Waals surface area (Å²) < 4.78 is 28.7. The minimum absolute atomic E-state index is 0.0389. The second kappa shape index (κ2) is 6.46. The summed E-state index contributed by atoms with van der Waals surface area (Å²) in [5, 5.41) is 0. The molecule has 1 unspecified atom stereocenters. The van der Waals surface area contributed by atoms with Crippen LogP contribution in [0.25, 0.3) is 0 Å². The number of quaternary nitrogens is 1. The molecule has 6 heteroatoms. The minimum Gasteiger partial charge on any atom is -0.337 e. The van der Waals surface area contributed by atoms with Gasteiger partial charge in [-0.3, -0.25) is 9.10 Å². The summed E-state index contributed by atoms with van der Waals surface area (Å²) >= 11 is 0. The summed E-state index contributed by atoms with van der Waals surface area (Å²) in [7, 11) is -1.51. The van der Waals surface area contributed by atoms with Gasteiger partial charge in [-0.25, -0.2) is 8.42 Å². The number of aryl methyl sites for hydroxylation is 1. The number of fused-ring (bicyclic) bond motifs is 3. The summed E-state index contributed by atoms with van der Waals surface area (Å²) in [6.07, 6.45) is 0.842. The summed E-state index contributed by atoms with van der Waals surface area (Å²) in [5.41, 5.74) is 3.62. The molecule has 0 bridgehead atoms. The molecule has 2 aromatic rings. The number of carbonyl (C=O) groups excluding carboxylic acids is 1. The van der Waals surface area contributed by atoms with Crippen molar-refractivity contribution >= 4 is 21.5 Å². The first-order valence-electron chi connectivity index (χ1n) is 9.36. The average molecular weight is 386 g/mol. The molecule has 3 atom stereocenters. The quantitative estimate of drug-likeness (QED) is 0.820. The smallest absolute Gasteiger partial charge is 0.264 e. The van der Waals surface area contributed by atoms with Gasteiger partial charge in [0, 0.05) is 12.0 Å². The Bertz CT molecular complexity index is 999. The van der Waals surface area contributed by atoms with Crippen molar-refractivity contribution < 1.29 is 18.1 Å². The molecular formula is C21H25N2O3S+. The van der Waals surface area contributed by atoms with Crippen LogP contribution >= 0.6 is 0 Å². The number of anilines is 1. The SMILES string of the molecule is CC(=O)c1ccc(S(=O)(=O)N2c3ccc(C)cc3[C@H]3C[NH+](C)CC[C@@H]32)cc1. The van der Waals surface area contributed by atoms with E-state index >= 15 is 0 Å². The molecule has 4 rings (SSSR count). The second-order valence-corrected chi connectivity index (χ2v) is 9.63. The number of ketones is 1. The first-order chi connectivity index (χ1) is 12.8. The Morgan fingerprint density at radius 2 is 1.85 bits per heavy atom. The molecule has 0 aliphatic carbocycles. The minimum atomic E-state index is -3.68. The summed E-state index contributed by atoms with van der Waals surface area (Å²) in [4.78, 5) is 13.2. The van der Waals surface area contributed by atoms with Gasteiger partial charge in [-0.1, -0.05) is 29.8 Å². The fraction of sp³-hybridized carbons (Fsp3) is 0.381. The monoisotopic (exact) mass is 385 g/mol. The Hall–Kier alpha value is -2.18. The zero-order valence-corrected chi connectivity index (χ0v) is 16.7. The first kappa shape index (κ1) is 18.2. The Labute approximate surface area is 160 Å². The van der Waals surface area contributed by atoms with E-state index in [4.69, 9.17) is 0 Å². The van der Waals surface area contributed by atoms with Gasteiger partial charge < -0.3 is 4.90 Å². The highest BCUT2D eigenvalue weighted by molar-refractivity contribution is 7.92. The maximum Gasteiger partial charge on any atom is 0.264 e. The Morgan fingerprint density at radius 3 is 2.52 bits per heavy atom. The molecule has 0 saturated carbocycles. The summed E-state index contributed by atoms with van der Waals surface area (Å²) in [5.74, 6) is 0.152. The number of nitrogens with one attached hydrogen (secondary N) is 1. The van der Waals surface area contributed by atoms with E-state index in [1.807, 2.05) is 19.1 Å². The van der Waals surface area contributed by atoms with E-state index in [1.54, 1.807) is 28.6 Å². The van der Waals surface area contributed by atoms with Crippen LogP contribution in [0.2, 0.25) is 0 Å². The Kier molecular flexibility index (Phi) is 4.35. The summed E-state index contributed by atoms with van der Waals surface area (Å²) in [6, 6.07) is 12.3. The van der Waals surface area contributed by atoms with Gasteiger partial charge in [0.15, 0.2) is 5.78 Å². The largest absolute Gasteiger partial charge is 0.337 e. The van der Waals surface area contributed by atoms with E-state index in [2.05, 4.69) is 13.1 Å². The number of benzene rings is 2. The van der Waals surface area contributed by atoms with Gasteiger partial charge in [0.25, 0.3) is 10.0 Å². The van der Waals surface area contributed by atoms with E-state index in [0.29, 0.717) is 5.56 Å². The van der Waals surface area contributed by atoms with Crippen molar-refractivity contribution in [3.63, 3.8) is 0 Å². The molecule has 2 aromatic carbocycles. The molecule has 2 heterocycles. The lowest BCUT2D eigenvalue weighted by Gasteiger charge is -2.34. The van der Waals surface area contributed by atoms with Crippen LogP contribution in [0.1, 0.15) is 40.7 Å². The van der Waals surface area contributed by atoms with E-state index in [-0.39, 0.29) is 22.6 Å². The number of likely N-dealkylation sites (N-methyl/N-ethyl adjacent to an activating group) is 1. The number of Topliss-reactive ketones (excluding diaryl/α,β-unsaturated/α-hetero) is 1. The van der Waals surface area contributed by atoms with Crippen LogP contribution < -0.4 is 9.21 Å². The lowest BCUT2D eigenvalue weighted by molar-refractivity contribution is -0.886. The fourth-order valence-electron chi connectivity index (χ4n) is 4.44. The van der Waals surface area contributed by atoms with Crippen LogP contribution in [0.5, 0.6) is 0 Å². The highest BCUT2D eigenvalue weighted by atomic mass is 32.2. The van der Waals surface area contributed by atoms with E-state index in [0.717, 1.165) is 36.3 Å². The third kappa shape index (κ3) is 2.97. The highest BCUT2D eigenvalue weighted by Gasteiger charge is 2.48. The molecular weight excluding hydrogens is 360 g/mol. The van der Waals surface area contributed by atoms with Crippen LogP contribution in [-0.4, -0.2) is 40.4 Å². The van der Waals surface area contributed by atoms with E-state index in [1.165, 1.54) is 11.8 Å². The third-order valence-electron chi connectivity index (χ3n) is 5.84. The number of carbonyl (C=O) groups is 1. The average Bonchev–Trinajstić information content (AvgIpc) is 2.95. The predicted molar refractivity (Wildman–Crippen MR) is 105 cm³/mol. The van der Waals surface area contributed by atoms with Gasteiger partial charge in [-0.15, -0.1) is 0 Å². The number of piperidine rings is 1. The predicted octanol–water partition coefficient (Wildman–Crippen LogP) is 1.78. The van der Waals surface area contributed by atoms with Crippen molar-refractivity contribution in [2.75, 3.05) is 24.4 Å². The molecule has 142 valence electrons. The topological polar surface area (TPSA) is 58.9 Å². The number of likely N-dealkylation sites (tertiary alicyclic amines) is 1. The molecule has 0 radical (unpaired) electrons. The van der Waals surface area contributed by atoms with Crippen LogP contribution in [-0.2, 0) is 10.0 Å². The second-order valence-electron chi connectivity index (χ2n) is 7.82. The molecule has 1 N–H and O–H groups in total. The molecule has 0 spiro atoms. The van der Waals surface area contributed by atoms with Crippen molar-refractivity contribution in [3.8, 4) is 0 Å². The van der Waals surface area contributed by atoms with Crippen molar-refractivity contribution in [1.29, 1.82) is 0 Å². The number of sulfonamides is 1. The fourth-order valence-corrected chi connectivity index (χ4v) is 6.18. The number of rotatable bonds is 3. The first-order valence-corrected chi connectivity index (χ1v) is 10.8. The number of hydrogen-bond donors (Lipinski definition) is 1. The van der Waals surface area contributed by atoms with Crippen molar-refractivity contribution in [2.45, 2.75) is 37.1 Å². The van der Waals surface area contributed by atoms with Gasteiger partial charge in [-0.05, 0) is 37.6 Å². The maximum atomic E-state index is 13.5. The Balaban J connectivity index is 1.81. The zero-order valence-electron chi connectivity index (χ0n) is 15.9. The van der Waals surface area contributed by atoms with Crippen LogP contribution in [0.15, 0.2) is 47.4 Å². The van der Waals surface area contributed by atoms with Gasteiger partial charge in [-0.2, -0.15) is 0 Å². The van der Waals surface area contributed by atoms with E-state index < -0.39 is 10.0 Å². The van der Waals surface area contributed by atoms with Crippen LogP contribution in [0.4, 0.5) is 5.69 Å². The number of hydrogen-bond acceptors (Lipinski definition) is 3. The molecule has 5 nitrogen and oxygen atoms in total.